The molecule has 0 unspecified atom stereocenters. The molecule has 1 aliphatic rings. The summed E-state index contributed by atoms with van der Waals surface area (Å²) in [5.74, 6) is 0. The van der Waals surface area contributed by atoms with Crippen molar-refractivity contribution in [2.75, 3.05) is 4.90 Å². The van der Waals surface area contributed by atoms with Gasteiger partial charge in [0, 0.05) is 22.5 Å². The summed E-state index contributed by atoms with van der Waals surface area (Å²) in [6.45, 7) is 0. The summed E-state index contributed by atoms with van der Waals surface area (Å²) in [5, 5.41) is 2.54. The largest absolute Gasteiger partial charge is 0.311 e. The summed E-state index contributed by atoms with van der Waals surface area (Å²) in [6, 6.07) is 64.5. The summed E-state index contributed by atoms with van der Waals surface area (Å²) >= 11 is 0. The molecule has 0 heterocycles. The highest BCUT2D eigenvalue weighted by molar-refractivity contribution is 5.97. The lowest BCUT2D eigenvalue weighted by molar-refractivity contribution is 0.346. The number of hydrogen-bond donors (Lipinski definition) is 0. The Morgan fingerprint density at radius 3 is 1.51 bits per heavy atom. The molecule has 1 saturated carbocycles. The third-order valence-electron chi connectivity index (χ3n) is 10.2. The summed E-state index contributed by atoms with van der Waals surface area (Å²) in [5.41, 5.74) is 11.3. The molecule has 0 N–H and O–H groups in total. The zero-order valence-corrected chi connectivity index (χ0v) is 26.7. The smallest absolute Gasteiger partial charge is 0.0462 e. The monoisotopic (exact) mass is 605 g/mol. The summed E-state index contributed by atoms with van der Waals surface area (Å²) in [7, 11) is 0. The van der Waals surface area contributed by atoms with Gasteiger partial charge in [-0.25, -0.2) is 0 Å². The van der Waals surface area contributed by atoms with Crippen molar-refractivity contribution in [3.63, 3.8) is 0 Å². The normalized spacial score (nSPS) is 14.1. The van der Waals surface area contributed by atoms with Gasteiger partial charge in [-0.2, -0.15) is 0 Å². The molecule has 0 aromatic heterocycles. The standard InChI is InChI=1S/C46H39N/c1-4-13-35(14-5-1)36-21-27-41(28-22-36)47(42-29-23-38(24-30-42)45-20-12-16-37-15-8-9-19-44(37)45)43-31-25-40(26-32-43)46(33-10-3-11-34-46)39-17-6-2-7-18-39/h1-2,4-9,12-32H,3,10-11,33-34H2. The lowest BCUT2D eigenvalue weighted by atomic mass is 9.65. The number of benzene rings is 7. The van der Waals surface area contributed by atoms with Crippen LogP contribution in [0.15, 0.2) is 176 Å². The van der Waals surface area contributed by atoms with Crippen molar-refractivity contribution < 1.29 is 0 Å². The molecule has 1 nitrogen and oxygen atoms in total. The van der Waals surface area contributed by atoms with Crippen molar-refractivity contribution in [2.45, 2.75) is 37.5 Å². The van der Waals surface area contributed by atoms with E-state index < -0.39 is 0 Å². The molecule has 47 heavy (non-hydrogen) atoms. The van der Waals surface area contributed by atoms with Crippen LogP contribution in [0.2, 0.25) is 0 Å². The third-order valence-corrected chi connectivity index (χ3v) is 10.2. The zero-order valence-electron chi connectivity index (χ0n) is 26.7. The van der Waals surface area contributed by atoms with Crippen LogP contribution in [-0.4, -0.2) is 0 Å². The van der Waals surface area contributed by atoms with Crippen molar-refractivity contribution in [3.05, 3.63) is 187 Å². The maximum Gasteiger partial charge on any atom is 0.0462 e. The fourth-order valence-electron chi connectivity index (χ4n) is 7.73. The summed E-state index contributed by atoms with van der Waals surface area (Å²) in [6.07, 6.45) is 6.29. The van der Waals surface area contributed by atoms with E-state index in [-0.39, 0.29) is 5.41 Å². The second-order valence-electron chi connectivity index (χ2n) is 12.9. The molecule has 228 valence electrons. The van der Waals surface area contributed by atoms with Gasteiger partial charge < -0.3 is 4.90 Å². The maximum absolute atomic E-state index is 2.39. The highest BCUT2D eigenvalue weighted by atomic mass is 15.1. The molecule has 0 saturated heterocycles. The number of rotatable bonds is 7. The average molecular weight is 606 g/mol. The molecule has 0 amide bonds. The molecular formula is C46H39N. The molecule has 0 atom stereocenters. The first kappa shape index (κ1) is 29.0. The number of fused-ring (bicyclic) bond motifs is 1. The Kier molecular flexibility index (Phi) is 7.89. The molecule has 0 bridgehead atoms. The van der Waals surface area contributed by atoms with Crippen molar-refractivity contribution in [1.82, 2.24) is 0 Å². The Balaban J connectivity index is 1.19. The third kappa shape index (κ3) is 5.64. The average Bonchev–Trinajstić information content (AvgIpc) is 3.16. The lowest BCUT2D eigenvalue weighted by Gasteiger charge is -2.39. The molecule has 1 fully saturated rings. The SMILES string of the molecule is c1ccc(-c2ccc(N(c3ccc(-c4cccc5ccccc45)cc3)c3ccc(C4(c5ccccc5)CCCCC4)cc3)cc2)cc1. The van der Waals surface area contributed by atoms with E-state index in [1.165, 1.54) is 76.3 Å². The Labute approximate surface area is 278 Å². The van der Waals surface area contributed by atoms with Gasteiger partial charge in [0.15, 0.2) is 0 Å². The van der Waals surface area contributed by atoms with Crippen molar-refractivity contribution in [3.8, 4) is 22.3 Å². The van der Waals surface area contributed by atoms with E-state index in [1.807, 2.05) is 0 Å². The van der Waals surface area contributed by atoms with Crippen LogP contribution in [0, 0.1) is 0 Å². The molecule has 0 radical (unpaired) electrons. The van der Waals surface area contributed by atoms with Crippen molar-refractivity contribution in [2.24, 2.45) is 0 Å². The fourth-order valence-corrected chi connectivity index (χ4v) is 7.73. The molecule has 7 aromatic carbocycles. The van der Waals surface area contributed by atoms with Gasteiger partial charge in [-0.1, -0.05) is 159 Å². The summed E-state index contributed by atoms with van der Waals surface area (Å²) < 4.78 is 0. The molecular weight excluding hydrogens is 567 g/mol. The van der Waals surface area contributed by atoms with E-state index in [4.69, 9.17) is 0 Å². The van der Waals surface area contributed by atoms with Gasteiger partial charge in [0.1, 0.15) is 0 Å². The predicted molar refractivity (Wildman–Crippen MR) is 200 cm³/mol. The quantitative estimate of drug-likeness (QED) is 0.175. The minimum Gasteiger partial charge on any atom is -0.311 e. The van der Waals surface area contributed by atoms with E-state index >= 15 is 0 Å². The van der Waals surface area contributed by atoms with Crippen LogP contribution in [0.1, 0.15) is 43.2 Å². The van der Waals surface area contributed by atoms with E-state index in [9.17, 15) is 0 Å². The van der Waals surface area contributed by atoms with Gasteiger partial charge in [0.25, 0.3) is 0 Å². The van der Waals surface area contributed by atoms with Crippen LogP contribution in [0.5, 0.6) is 0 Å². The molecule has 1 heteroatoms. The van der Waals surface area contributed by atoms with Crippen molar-refractivity contribution >= 4 is 27.8 Å². The van der Waals surface area contributed by atoms with Crippen molar-refractivity contribution in [1.29, 1.82) is 0 Å². The minimum atomic E-state index is 0.0836. The topological polar surface area (TPSA) is 3.24 Å². The van der Waals surface area contributed by atoms with Gasteiger partial charge in [-0.3, -0.25) is 0 Å². The molecule has 8 rings (SSSR count). The predicted octanol–water partition coefficient (Wildman–Crippen LogP) is 12.9. The maximum atomic E-state index is 2.39. The Morgan fingerprint density at radius 1 is 0.362 bits per heavy atom. The highest BCUT2D eigenvalue weighted by Gasteiger charge is 2.35. The first-order valence-corrected chi connectivity index (χ1v) is 17.0. The lowest BCUT2D eigenvalue weighted by Crippen LogP contribution is -2.30. The number of anilines is 3. The van der Waals surface area contributed by atoms with Crippen LogP contribution in [-0.2, 0) is 5.41 Å². The first-order valence-electron chi connectivity index (χ1n) is 17.0. The highest BCUT2D eigenvalue weighted by Crippen LogP contribution is 2.46. The molecule has 0 spiro atoms. The first-order chi connectivity index (χ1) is 23.3. The van der Waals surface area contributed by atoms with E-state index in [1.54, 1.807) is 0 Å². The Morgan fingerprint density at radius 2 is 0.851 bits per heavy atom. The van der Waals surface area contributed by atoms with E-state index in [0.717, 1.165) is 17.1 Å². The number of nitrogens with zero attached hydrogens (tertiary/aromatic N) is 1. The van der Waals surface area contributed by atoms with Crippen LogP contribution in [0.3, 0.4) is 0 Å². The molecule has 7 aromatic rings. The van der Waals surface area contributed by atoms with Gasteiger partial charge in [-0.15, -0.1) is 0 Å². The fraction of sp³-hybridized carbons (Fsp3) is 0.130. The van der Waals surface area contributed by atoms with Gasteiger partial charge >= 0.3 is 0 Å². The van der Waals surface area contributed by atoms with Crippen LogP contribution < -0.4 is 4.90 Å². The molecule has 1 aliphatic carbocycles. The van der Waals surface area contributed by atoms with E-state index in [0.29, 0.717) is 0 Å². The van der Waals surface area contributed by atoms with E-state index in [2.05, 4.69) is 181 Å². The van der Waals surface area contributed by atoms with Gasteiger partial charge in [0.2, 0.25) is 0 Å². The van der Waals surface area contributed by atoms with Gasteiger partial charge in [-0.05, 0) is 93.4 Å². The van der Waals surface area contributed by atoms with Gasteiger partial charge in [0.05, 0.1) is 0 Å². The second kappa shape index (κ2) is 12.8. The van der Waals surface area contributed by atoms with Crippen LogP contribution >= 0.6 is 0 Å². The Hall–Kier alpha value is -5.40. The zero-order chi connectivity index (χ0) is 31.5. The van der Waals surface area contributed by atoms with Crippen LogP contribution in [0.4, 0.5) is 17.1 Å². The van der Waals surface area contributed by atoms with Crippen LogP contribution in [0.25, 0.3) is 33.0 Å². The second-order valence-corrected chi connectivity index (χ2v) is 12.9. The molecule has 0 aliphatic heterocycles. The minimum absolute atomic E-state index is 0.0836. The summed E-state index contributed by atoms with van der Waals surface area (Å²) in [4.78, 5) is 2.39. The number of hydrogen-bond acceptors (Lipinski definition) is 1. The Bertz CT molecular complexity index is 2070.